The standard InChI is InChI=1S/C29H37N3O6/c1-3-30(4-2)20-11-13-21(14-12-20)31-16-9-15-29-24(26(34)32(17-18-33)25(29)27(31)35)23-22(38-29)10-7-5-6-8-19-37-28(23)36/h7,9-15,22-25,33H,3-6,8,16-19H2,1-2H3/b10-7-/t22-,23+,24+,25?,29+/m1/s1. The number of nitrogens with zero attached hydrogens (tertiary/aromatic N) is 3. The van der Waals surface area contributed by atoms with Gasteiger partial charge in [0.25, 0.3) is 5.91 Å². The van der Waals surface area contributed by atoms with Crippen LogP contribution in [0.2, 0.25) is 0 Å². The Kier molecular flexibility index (Phi) is 7.59. The lowest BCUT2D eigenvalue weighted by Gasteiger charge is -2.35. The van der Waals surface area contributed by atoms with E-state index >= 15 is 0 Å². The predicted molar refractivity (Wildman–Crippen MR) is 143 cm³/mol. The van der Waals surface area contributed by atoms with Crippen LogP contribution in [0.3, 0.4) is 0 Å². The maximum absolute atomic E-state index is 14.2. The molecule has 9 nitrogen and oxygen atoms in total. The summed E-state index contributed by atoms with van der Waals surface area (Å²) in [4.78, 5) is 46.6. The number of cyclic esters (lactones) is 1. The molecule has 2 saturated heterocycles. The Hall–Kier alpha value is -3.17. The molecule has 9 heteroatoms. The highest BCUT2D eigenvalue weighted by molar-refractivity contribution is 6.05. The zero-order valence-electron chi connectivity index (χ0n) is 22.1. The van der Waals surface area contributed by atoms with Gasteiger partial charge in [0.15, 0.2) is 0 Å². The minimum atomic E-state index is -1.33. The van der Waals surface area contributed by atoms with Crippen LogP contribution in [0.1, 0.15) is 33.1 Å². The SMILES string of the molecule is CCN(CC)c1ccc(N2CC=C[C@]34O[C@@H]5/C=C\CCCCOC(=O)[C@@H]5[C@H]3C(=O)N(CCO)C4C2=O)cc1. The van der Waals surface area contributed by atoms with Gasteiger partial charge in [-0.15, -0.1) is 0 Å². The molecule has 1 aromatic rings. The van der Waals surface area contributed by atoms with Crippen molar-refractivity contribution in [2.75, 3.05) is 49.2 Å². The molecule has 38 heavy (non-hydrogen) atoms. The van der Waals surface area contributed by atoms with Crippen LogP contribution in [0, 0.1) is 11.8 Å². The van der Waals surface area contributed by atoms with Gasteiger partial charge in [0.05, 0.1) is 25.2 Å². The number of ether oxygens (including phenoxy) is 2. The van der Waals surface area contributed by atoms with Crippen molar-refractivity contribution < 1.29 is 29.0 Å². The van der Waals surface area contributed by atoms with Crippen molar-refractivity contribution in [2.45, 2.75) is 50.9 Å². The first kappa shape index (κ1) is 26.4. The number of hydrogen-bond acceptors (Lipinski definition) is 7. The molecule has 4 aliphatic rings. The number of fused-ring (bicyclic) bond motifs is 2. The van der Waals surface area contributed by atoms with E-state index < -0.39 is 35.6 Å². The average molecular weight is 524 g/mol. The molecule has 5 rings (SSSR count). The Bertz CT molecular complexity index is 1110. The van der Waals surface area contributed by atoms with Crippen LogP contribution >= 0.6 is 0 Å². The fraction of sp³-hybridized carbons (Fsp3) is 0.552. The fourth-order valence-corrected chi connectivity index (χ4v) is 6.43. The van der Waals surface area contributed by atoms with Crippen molar-refractivity contribution in [3.05, 3.63) is 48.6 Å². The van der Waals surface area contributed by atoms with Crippen LogP contribution in [0.15, 0.2) is 48.6 Å². The molecule has 1 unspecified atom stereocenters. The third-order valence-electron chi connectivity index (χ3n) is 8.23. The molecule has 4 aliphatic heterocycles. The number of anilines is 2. The van der Waals surface area contributed by atoms with E-state index in [1.807, 2.05) is 42.5 Å². The van der Waals surface area contributed by atoms with Gasteiger partial charge in [-0.1, -0.05) is 24.3 Å². The molecule has 2 amide bonds. The van der Waals surface area contributed by atoms with Crippen molar-refractivity contribution in [2.24, 2.45) is 11.8 Å². The molecule has 204 valence electrons. The second-order valence-corrected chi connectivity index (χ2v) is 10.2. The lowest BCUT2D eigenvalue weighted by Crippen LogP contribution is -2.55. The highest BCUT2D eigenvalue weighted by Gasteiger charge is 2.71. The Balaban J connectivity index is 1.53. The van der Waals surface area contributed by atoms with Gasteiger partial charge in [-0.3, -0.25) is 14.4 Å². The molecular formula is C29H37N3O6. The molecule has 0 bridgehead atoms. The van der Waals surface area contributed by atoms with E-state index in [9.17, 15) is 19.5 Å². The fourth-order valence-electron chi connectivity index (χ4n) is 6.43. The quantitative estimate of drug-likeness (QED) is 0.451. The summed E-state index contributed by atoms with van der Waals surface area (Å²) < 4.78 is 12.1. The number of benzene rings is 1. The molecule has 2 fully saturated rings. The monoisotopic (exact) mass is 523 g/mol. The van der Waals surface area contributed by atoms with E-state index in [0.717, 1.165) is 38.0 Å². The summed E-state index contributed by atoms with van der Waals surface area (Å²) in [5.74, 6) is -2.91. The summed E-state index contributed by atoms with van der Waals surface area (Å²) in [6.07, 6.45) is 9.27. The van der Waals surface area contributed by atoms with E-state index in [0.29, 0.717) is 18.8 Å². The number of esters is 1. The first-order chi connectivity index (χ1) is 18.5. The highest BCUT2D eigenvalue weighted by atomic mass is 16.6. The minimum Gasteiger partial charge on any atom is -0.465 e. The number of carbonyl (C=O) groups is 3. The van der Waals surface area contributed by atoms with Crippen LogP contribution in [0.4, 0.5) is 11.4 Å². The third kappa shape index (κ3) is 4.31. The van der Waals surface area contributed by atoms with Gasteiger partial charge >= 0.3 is 5.97 Å². The van der Waals surface area contributed by atoms with Crippen LogP contribution < -0.4 is 9.80 Å². The minimum absolute atomic E-state index is 0.0261. The molecule has 0 aromatic heterocycles. The Labute approximate surface area is 223 Å². The lowest BCUT2D eigenvalue weighted by atomic mass is 9.78. The van der Waals surface area contributed by atoms with Gasteiger partial charge in [0.2, 0.25) is 5.91 Å². The van der Waals surface area contributed by atoms with Crippen LogP contribution in [0.25, 0.3) is 0 Å². The molecular weight excluding hydrogens is 486 g/mol. The molecule has 1 aromatic carbocycles. The third-order valence-corrected chi connectivity index (χ3v) is 8.23. The van der Waals surface area contributed by atoms with Gasteiger partial charge in [-0.25, -0.2) is 0 Å². The number of rotatable bonds is 6. The zero-order chi connectivity index (χ0) is 26.9. The Morgan fingerprint density at radius 3 is 2.53 bits per heavy atom. The van der Waals surface area contributed by atoms with E-state index in [2.05, 4.69) is 18.7 Å². The van der Waals surface area contributed by atoms with Crippen molar-refractivity contribution in [1.82, 2.24) is 4.90 Å². The van der Waals surface area contributed by atoms with E-state index in [4.69, 9.17) is 9.47 Å². The molecule has 0 radical (unpaired) electrons. The van der Waals surface area contributed by atoms with Crippen molar-refractivity contribution in [3.63, 3.8) is 0 Å². The number of allylic oxidation sites excluding steroid dienone is 1. The number of hydrogen-bond donors (Lipinski definition) is 1. The van der Waals surface area contributed by atoms with Gasteiger partial charge < -0.3 is 29.3 Å². The number of β-amino-alcohol motifs (C(OH)–C–C–N with tert-alkyl or cyclic N) is 1. The van der Waals surface area contributed by atoms with Crippen molar-refractivity contribution >= 4 is 29.2 Å². The smallest absolute Gasteiger partial charge is 0.312 e. The first-order valence-electron chi connectivity index (χ1n) is 13.7. The van der Waals surface area contributed by atoms with Crippen molar-refractivity contribution in [3.8, 4) is 0 Å². The zero-order valence-corrected chi connectivity index (χ0v) is 22.1. The van der Waals surface area contributed by atoms with Crippen LogP contribution in [0.5, 0.6) is 0 Å². The summed E-state index contributed by atoms with van der Waals surface area (Å²) in [6.45, 7) is 6.21. The van der Waals surface area contributed by atoms with Gasteiger partial charge in [0.1, 0.15) is 17.6 Å². The maximum atomic E-state index is 14.2. The number of aliphatic hydroxyl groups is 1. The summed E-state index contributed by atoms with van der Waals surface area (Å²) >= 11 is 0. The second-order valence-electron chi connectivity index (χ2n) is 10.2. The van der Waals surface area contributed by atoms with Crippen LogP contribution in [-0.2, 0) is 23.9 Å². The summed E-state index contributed by atoms with van der Waals surface area (Å²) in [7, 11) is 0. The molecule has 1 N–H and O–H groups in total. The van der Waals surface area contributed by atoms with Crippen LogP contribution in [-0.4, -0.2) is 84.9 Å². The Morgan fingerprint density at radius 2 is 1.82 bits per heavy atom. The number of likely N-dealkylation sites (tertiary alicyclic amines) is 1. The van der Waals surface area contributed by atoms with E-state index in [1.54, 1.807) is 11.0 Å². The molecule has 0 saturated carbocycles. The van der Waals surface area contributed by atoms with Gasteiger partial charge in [0, 0.05) is 37.6 Å². The van der Waals surface area contributed by atoms with E-state index in [1.165, 1.54) is 4.90 Å². The average Bonchev–Trinajstić information content (AvgIpc) is 3.30. The molecule has 0 aliphatic carbocycles. The van der Waals surface area contributed by atoms with E-state index in [-0.39, 0.29) is 25.0 Å². The largest absolute Gasteiger partial charge is 0.465 e. The summed E-state index contributed by atoms with van der Waals surface area (Å²) in [6, 6.07) is 6.81. The lowest BCUT2D eigenvalue weighted by molar-refractivity contribution is -0.154. The number of amides is 2. The first-order valence-corrected chi connectivity index (χ1v) is 13.7. The normalized spacial score (nSPS) is 31.8. The second kappa shape index (κ2) is 10.9. The summed E-state index contributed by atoms with van der Waals surface area (Å²) in [5.41, 5.74) is 0.452. The number of aliphatic hydroxyl groups excluding tert-OH is 1. The predicted octanol–water partition coefficient (Wildman–Crippen LogP) is 2.29. The van der Waals surface area contributed by atoms with Gasteiger partial charge in [-0.05, 0) is 57.4 Å². The summed E-state index contributed by atoms with van der Waals surface area (Å²) in [5, 5.41) is 9.81. The van der Waals surface area contributed by atoms with Crippen molar-refractivity contribution in [1.29, 1.82) is 0 Å². The molecule has 4 heterocycles. The number of carbonyl (C=O) groups excluding carboxylic acids is 3. The van der Waals surface area contributed by atoms with Gasteiger partial charge in [-0.2, -0.15) is 0 Å². The highest BCUT2D eigenvalue weighted by Crippen LogP contribution is 2.53. The Morgan fingerprint density at radius 1 is 1.05 bits per heavy atom. The molecule has 1 spiro atoms. The maximum Gasteiger partial charge on any atom is 0.312 e. The molecule has 5 atom stereocenters. The topological polar surface area (TPSA) is 99.6 Å².